The highest BCUT2D eigenvalue weighted by Crippen LogP contribution is 2.36. The number of anilines is 2. The molecular formula is C25H29N5O4. The molecule has 178 valence electrons. The molecule has 1 aliphatic heterocycles. The predicted molar refractivity (Wildman–Crippen MR) is 129 cm³/mol. The van der Waals surface area contributed by atoms with Gasteiger partial charge in [0.1, 0.15) is 17.5 Å². The van der Waals surface area contributed by atoms with Gasteiger partial charge in [0.25, 0.3) is 5.91 Å². The highest BCUT2D eigenvalue weighted by Gasteiger charge is 2.34. The Hall–Kier alpha value is -3.85. The first kappa shape index (κ1) is 23.3. The molecule has 0 aliphatic carbocycles. The number of aryl methyl sites for hydroxylation is 1. The number of allylic oxidation sites excluding steroid dienone is 1. The summed E-state index contributed by atoms with van der Waals surface area (Å²) in [4.78, 5) is 18.1. The maximum Gasteiger partial charge on any atom is 0.255 e. The highest BCUT2D eigenvalue weighted by molar-refractivity contribution is 6.06. The Labute approximate surface area is 198 Å². The third-order valence-corrected chi connectivity index (χ3v) is 5.55. The molecule has 3 aromatic rings. The average Bonchev–Trinajstić information content (AvgIpc) is 3.25. The number of aromatic nitrogens is 3. The lowest BCUT2D eigenvalue weighted by atomic mass is 9.95. The van der Waals surface area contributed by atoms with Gasteiger partial charge in [0.2, 0.25) is 5.95 Å². The average molecular weight is 464 g/mol. The Morgan fingerprint density at radius 3 is 2.50 bits per heavy atom. The van der Waals surface area contributed by atoms with Gasteiger partial charge in [0.05, 0.1) is 19.3 Å². The number of amides is 1. The number of methoxy groups -OCH3 is 1. The Morgan fingerprint density at radius 2 is 1.85 bits per heavy atom. The molecule has 0 saturated carbocycles. The van der Waals surface area contributed by atoms with E-state index in [4.69, 9.17) is 9.47 Å². The topological polar surface area (TPSA) is 111 Å². The number of benzene rings is 2. The van der Waals surface area contributed by atoms with E-state index < -0.39 is 6.04 Å². The van der Waals surface area contributed by atoms with Crippen LogP contribution < -0.4 is 20.1 Å². The first-order valence-electron chi connectivity index (χ1n) is 11.3. The first-order valence-corrected chi connectivity index (χ1v) is 11.3. The van der Waals surface area contributed by atoms with Crippen molar-refractivity contribution < 1.29 is 19.4 Å². The van der Waals surface area contributed by atoms with Gasteiger partial charge in [-0.1, -0.05) is 12.1 Å². The number of rotatable bonds is 9. The van der Waals surface area contributed by atoms with E-state index in [1.807, 2.05) is 38.1 Å². The van der Waals surface area contributed by atoms with Crippen LogP contribution in [0.1, 0.15) is 37.7 Å². The minimum atomic E-state index is -0.486. The van der Waals surface area contributed by atoms with Crippen LogP contribution in [0.4, 0.5) is 11.6 Å². The van der Waals surface area contributed by atoms with Gasteiger partial charge in [0.15, 0.2) is 5.82 Å². The van der Waals surface area contributed by atoms with Gasteiger partial charge in [-0.25, -0.2) is 4.68 Å². The van der Waals surface area contributed by atoms with E-state index in [1.165, 1.54) is 0 Å². The molecule has 34 heavy (non-hydrogen) atoms. The number of nitrogens with one attached hydrogen (secondary N) is 2. The maximum atomic E-state index is 13.5. The van der Waals surface area contributed by atoms with Crippen molar-refractivity contribution in [2.45, 2.75) is 32.7 Å². The molecule has 4 rings (SSSR count). The Morgan fingerprint density at radius 1 is 1.15 bits per heavy atom. The summed E-state index contributed by atoms with van der Waals surface area (Å²) >= 11 is 0. The molecule has 9 heteroatoms. The van der Waals surface area contributed by atoms with Crippen LogP contribution >= 0.6 is 0 Å². The summed E-state index contributed by atoms with van der Waals surface area (Å²) in [5, 5.41) is 20.1. The standard InChI is InChI=1S/C25H29N5O4/c1-4-34-20-11-7-17(8-12-20)23-22(24(32)27-18-9-13-19(33-3)14-10-18)16(2)26-25-28-21(6-5-15-31)29-30(23)25/h7-14,23,31H,4-6,15H2,1-3H3,(H,27,32)(H,26,28,29)/t23-/m1/s1. The van der Waals surface area contributed by atoms with Gasteiger partial charge in [-0.05, 0) is 62.2 Å². The van der Waals surface area contributed by atoms with Crippen LogP contribution in [0.25, 0.3) is 0 Å². The molecule has 1 atom stereocenters. The van der Waals surface area contributed by atoms with Gasteiger partial charge in [-0.15, -0.1) is 0 Å². The minimum Gasteiger partial charge on any atom is -0.497 e. The van der Waals surface area contributed by atoms with E-state index in [2.05, 4.69) is 20.7 Å². The zero-order valence-corrected chi connectivity index (χ0v) is 19.5. The zero-order chi connectivity index (χ0) is 24.1. The predicted octanol–water partition coefficient (Wildman–Crippen LogP) is 3.54. The van der Waals surface area contributed by atoms with Crippen molar-refractivity contribution in [1.29, 1.82) is 0 Å². The van der Waals surface area contributed by atoms with Crippen molar-refractivity contribution in [3.8, 4) is 11.5 Å². The van der Waals surface area contributed by atoms with Crippen LogP contribution in [0.15, 0.2) is 59.8 Å². The number of carbonyl (C=O) groups excluding carboxylic acids is 1. The number of aliphatic hydroxyl groups excluding tert-OH is 1. The van der Waals surface area contributed by atoms with Crippen molar-refractivity contribution in [1.82, 2.24) is 14.8 Å². The normalized spacial score (nSPS) is 14.9. The summed E-state index contributed by atoms with van der Waals surface area (Å²) in [6.07, 6.45) is 1.11. The van der Waals surface area contributed by atoms with Gasteiger partial charge >= 0.3 is 0 Å². The largest absolute Gasteiger partial charge is 0.497 e. The Balaban J connectivity index is 1.71. The summed E-state index contributed by atoms with van der Waals surface area (Å²) in [5.41, 5.74) is 2.76. The first-order chi connectivity index (χ1) is 16.5. The van der Waals surface area contributed by atoms with Crippen LogP contribution in [0.2, 0.25) is 0 Å². The molecule has 3 N–H and O–H groups in total. The van der Waals surface area contributed by atoms with E-state index in [0.29, 0.717) is 53.9 Å². The summed E-state index contributed by atoms with van der Waals surface area (Å²) in [7, 11) is 1.60. The molecule has 2 heterocycles. The second kappa shape index (κ2) is 10.4. The van der Waals surface area contributed by atoms with E-state index >= 15 is 0 Å². The quantitative estimate of drug-likeness (QED) is 0.445. The second-order valence-corrected chi connectivity index (χ2v) is 7.87. The Kier molecular flexibility index (Phi) is 7.12. The van der Waals surface area contributed by atoms with Crippen LogP contribution in [0.3, 0.4) is 0 Å². The molecule has 0 unspecified atom stereocenters. The molecule has 0 saturated heterocycles. The molecule has 1 aliphatic rings. The van der Waals surface area contributed by atoms with Crippen molar-refractivity contribution in [2.24, 2.45) is 0 Å². The molecule has 1 aromatic heterocycles. The third kappa shape index (κ3) is 4.89. The fourth-order valence-corrected chi connectivity index (χ4v) is 3.93. The van der Waals surface area contributed by atoms with Crippen LogP contribution in [0, 0.1) is 0 Å². The second-order valence-electron chi connectivity index (χ2n) is 7.87. The molecule has 0 fully saturated rings. The summed E-state index contributed by atoms with van der Waals surface area (Å²) in [6.45, 7) is 4.43. The maximum absolute atomic E-state index is 13.5. The lowest BCUT2D eigenvalue weighted by Crippen LogP contribution is -2.31. The number of hydrogen-bond donors (Lipinski definition) is 3. The number of carbonyl (C=O) groups is 1. The number of nitrogens with zero attached hydrogens (tertiary/aromatic N) is 3. The number of hydrogen-bond acceptors (Lipinski definition) is 7. The molecule has 0 spiro atoms. The fourth-order valence-electron chi connectivity index (χ4n) is 3.93. The molecule has 0 radical (unpaired) electrons. The summed E-state index contributed by atoms with van der Waals surface area (Å²) in [5.74, 6) is 2.39. The lowest BCUT2D eigenvalue weighted by Gasteiger charge is -2.28. The van der Waals surface area contributed by atoms with E-state index in [1.54, 1.807) is 36.1 Å². The zero-order valence-electron chi connectivity index (χ0n) is 19.5. The minimum absolute atomic E-state index is 0.0619. The van der Waals surface area contributed by atoms with E-state index in [9.17, 15) is 9.90 Å². The highest BCUT2D eigenvalue weighted by atomic mass is 16.5. The van der Waals surface area contributed by atoms with E-state index in [0.717, 1.165) is 11.3 Å². The SMILES string of the molecule is CCOc1ccc([C@@H]2C(C(=O)Nc3ccc(OC)cc3)=C(C)Nc3nc(CCCO)nn32)cc1. The molecule has 2 aromatic carbocycles. The van der Waals surface area contributed by atoms with Crippen molar-refractivity contribution >= 4 is 17.5 Å². The summed E-state index contributed by atoms with van der Waals surface area (Å²) < 4.78 is 12.5. The Bertz CT molecular complexity index is 1170. The van der Waals surface area contributed by atoms with Gasteiger partial charge in [-0.2, -0.15) is 10.1 Å². The van der Waals surface area contributed by atoms with Crippen molar-refractivity contribution in [3.63, 3.8) is 0 Å². The molecular weight excluding hydrogens is 434 g/mol. The molecule has 0 bridgehead atoms. The van der Waals surface area contributed by atoms with E-state index in [-0.39, 0.29) is 12.5 Å². The number of aliphatic hydroxyl groups is 1. The van der Waals surface area contributed by atoms with Crippen LogP contribution in [0.5, 0.6) is 11.5 Å². The fraction of sp³-hybridized carbons (Fsp3) is 0.320. The third-order valence-electron chi connectivity index (χ3n) is 5.55. The van der Waals surface area contributed by atoms with Crippen LogP contribution in [-0.2, 0) is 11.2 Å². The smallest absolute Gasteiger partial charge is 0.255 e. The summed E-state index contributed by atoms with van der Waals surface area (Å²) in [6, 6.07) is 14.3. The van der Waals surface area contributed by atoms with Crippen molar-refractivity contribution in [2.75, 3.05) is 31.0 Å². The van der Waals surface area contributed by atoms with Crippen LogP contribution in [-0.4, -0.2) is 46.1 Å². The number of fused-ring (bicyclic) bond motifs is 1. The van der Waals surface area contributed by atoms with Gasteiger partial charge in [0, 0.05) is 24.4 Å². The lowest BCUT2D eigenvalue weighted by molar-refractivity contribution is -0.113. The molecule has 1 amide bonds. The van der Waals surface area contributed by atoms with Crippen molar-refractivity contribution in [3.05, 3.63) is 71.2 Å². The monoisotopic (exact) mass is 463 g/mol. The van der Waals surface area contributed by atoms with Gasteiger partial charge in [-0.3, -0.25) is 4.79 Å². The number of ether oxygens (including phenoxy) is 2. The van der Waals surface area contributed by atoms with Gasteiger partial charge < -0.3 is 25.2 Å². The molecule has 9 nitrogen and oxygen atoms in total.